The van der Waals surface area contributed by atoms with Crippen molar-refractivity contribution < 1.29 is 18.9 Å². The SMILES string of the molecule is CC[C@]1(c2ccccc2)NC(=O)N(/N=C\c2ccc([N+](=O)[O-])o2)C1=O. The van der Waals surface area contributed by atoms with E-state index >= 15 is 0 Å². The predicted octanol–water partition coefficient (Wildman–Crippen LogP) is 2.38. The smallest absolute Gasteiger partial charge is 0.400 e. The van der Waals surface area contributed by atoms with Gasteiger partial charge in [0, 0.05) is 0 Å². The van der Waals surface area contributed by atoms with E-state index in [1.165, 1.54) is 6.07 Å². The van der Waals surface area contributed by atoms with Crippen LogP contribution in [0.25, 0.3) is 0 Å². The van der Waals surface area contributed by atoms with Gasteiger partial charge in [0.25, 0.3) is 5.91 Å². The number of urea groups is 1. The standard InChI is InChI=1S/C16H14N4O5/c1-2-16(11-6-4-3-5-7-11)14(21)19(15(22)18-16)17-10-12-8-9-13(25-12)20(23)24/h3-10H,2H2,1H3,(H,18,22)/b17-10-/t16-/m1/s1. The third-order valence-electron chi connectivity index (χ3n) is 3.96. The fraction of sp³-hybridized carbons (Fsp3) is 0.188. The van der Waals surface area contributed by atoms with Crippen LogP contribution < -0.4 is 5.32 Å². The zero-order valence-electron chi connectivity index (χ0n) is 13.2. The minimum atomic E-state index is -1.19. The van der Waals surface area contributed by atoms with Gasteiger partial charge in [-0.3, -0.25) is 14.9 Å². The van der Waals surface area contributed by atoms with Gasteiger partial charge in [-0.2, -0.15) is 5.10 Å². The molecule has 1 aliphatic rings. The summed E-state index contributed by atoms with van der Waals surface area (Å²) in [6.45, 7) is 1.79. The molecule has 128 valence electrons. The van der Waals surface area contributed by atoms with Crippen molar-refractivity contribution in [3.8, 4) is 0 Å². The molecule has 9 heteroatoms. The van der Waals surface area contributed by atoms with E-state index in [2.05, 4.69) is 10.4 Å². The van der Waals surface area contributed by atoms with Gasteiger partial charge in [0.1, 0.15) is 10.5 Å². The number of amides is 3. The van der Waals surface area contributed by atoms with Crippen molar-refractivity contribution in [1.82, 2.24) is 10.3 Å². The van der Waals surface area contributed by atoms with Gasteiger partial charge in [-0.25, -0.2) is 4.79 Å². The molecule has 2 aromatic rings. The van der Waals surface area contributed by atoms with E-state index in [-0.39, 0.29) is 5.76 Å². The molecule has 3 rings (SSSR count). The van der Waals surface area contributed by atoms with Gasteiger partial charge in [0.2, 0.25) is 0 Å². The molecule has 0 unspecified atom stereocenters. The molecule has 9 nitrogen and oxygen atoms in total. The highest BCUT2D eigenvalue weighted by Crippen LogP contribution is 2.32. The van der Waals surface area contributed by atoms with E-state index in [1.807, 2.05) is 6.07 Å². The zero-order valence-corrected chi connectivity index (χ0v) is 13.2. The number of imide groups is 1. The van der Waals surface area contributed by atoms with Crippen LogP contribution >= 0.6 is 0 Å². The average molecular weight is 342 g/mol. The Kier molecular flexibility index (Phi) is 4.05. The summed E-state index contributed by atoms with van der Waals surface area (Å²) in [5.41, 5.74) is -0.535. The molecular weight excluding hydrogens is 328 g/mol. The fourth-order valence-corrected chi connectivity index (χ4v) is 2.65. The first-order valence-corrected chi connectivity index (χ1v) is 7.48. The van der Waals surface area contributed by atoms with Gasteiger partial charge in [0.05, 0.1) is 12.3 Å². The molecule has 3 amide bonds. The van der Waals surface area contributed by atoms with E-state index in [4.69, 9.17) is 4.42 Å². The zero-order chi connectivity index (χ0) is 18.0. The van der Waals surface area contributed by atoms with Crippen LogP contribution in [0.3, 0.4) is 0 Å². The number of furan rings is 1. The monoisotopic (exact) mass is 342 g/mol. The van der Waals surface area contributed by atoms with E-state index in [0.29, 0.717) is 17.0 Å². The number of hydrazone groups is 1. The maximum Gasteiger partial charge on any atom is 0.433 e. The van der Waals surface area contributed by atoms with Crippen LogP contribution in [0.4, 0.5) is 10.7 Å². The van der Waals surface area contributed by atoms with Crippen LogP contribution in [-0.4, -0.2) is 28.1 Å². The van der Waals surface area contributed by atoms with Gasteiger partial charge in [-0.1, -0.05) is 37.3 Å². The summed E-state index contributed by atoms with van der Waals surface area (Å²) in [6.07, 6.45) is 1.43. The molecule has 1 aromatic heterocycles. The van der Waals surface area contributed by atoms with E-state index < -0.39 is 28.3 Å². The van der Waals surface area contributed by atoms with Crippen LogP contribution in [-0.2, 0) is 10.3 Å². The Balaban J connectivity index is 1.88. The molecule has 1 aromatic carbocycles. The number of benzene rings is 1. The Hall–Kier alpha value is -3.49. The van der Waals surface area contributed by atoms with Gasteiger partial charge >= 0.3 is 11.9 Å². The summed E-state index contributed by atoms with van der Waals surface area (Å²) in [4.78, 5) is 34.9. The van der Waals surface area contributed by atoms with Crippen molar-refractivity contribution in [2.75, 3.05) is 0 Å². The highest BCUT2D eigenvalue weighted by molar-refractivity contribution is 6.07. The quantitative estimate of drug-likeness (QED) is 0.387. The predicted molar refractivity (Wildman–Crippen MR) is 86.7 cm³/mol. The molecule has 1 fully saturated rings. The summed E-state index contributed by atoms with van der Waals surface area (Å²) in [7, 11) is 0. The topological polar surface area (TPSA) is 118 Å². The largest absolute Gasteiger partial charge is 0.433 e. The number of nitrogens with one attached hydrogen (secondary N) is 1. The minimum absolute atomic E-state index is 0.0565. The Morgan fingerprint density at radius 3 is 2.60 bits per heavy atom. The molecule has 2 heterocycles. The maximum absolute atomic E-state index is 12.8. The van der Waals surface area contributed by atoms with Crippen LogP contribution in [0, 0.1) is 10.1 Å². The fourth-order valence-electron chi connectivity index (χ4n) is 2.65. The molecule has 0 radical (unpaired) electrons. The van der Waals surface area contributed by atoms with Gasteiger partial charge in [-0.05, 0) is 18.1 Å². The highest BCUT2D eigenvalue weighted by atomic mass is 16.6. The van der Waals surface area contributed by atoms with Crippen molar-refractivity contribution in [1.29, 1.82) is 0 Å². The van der Waals surface area contributed by atoms with Crippen molar-refractivity contribution in [2.24, 2.45) is 5.10 Å². The maximum atomic E-state index is 12.8. The summed E-state index contributed by atoms with van der Waals surface area (Å²) in [6, 6.07) is 10.7. The second-order valence-corrected chi connectivity index (χ2v) is 5.35. The molecule has 1 aliphatic heterocycles. The molecule has 0 bridgehead atoms. The van der Waals surface area contributed by atoms with Gasteiger partial charge in [-0.15, -0.1) is 5.01 Å². The summed E-state index contributed by atoms with van der Waals surface area (Å²) < 4.78 is 4.92. The third-order valence-corrected chi connectivity index (χ3v) is 3.96. The number of hydrogen-bond acceptors (Lipinski definition) is 6. The van der Waals surface area contributed by atoms with E-state index in [9.17, 15) is 19.7 Å². The number of carbonyl (C=O) groups excluding carboxylic acids is 2. The van der Waals surface area contributed by atoms with E-state index in [1.54, 1.807) is 31.2 Å². The molecule has 25 heavy (non-hydrogen) atoms. The lowest BCUT2D eigenvalue weighted by Crippen LogP contribution is -2.43. The summed E-state index contributed by atoms with van der Waals surface area (Å²) in [5, 5.41) is 17.8. The lowest BCUT2D eigenvalue weighted by Gasteiger charge is -2.24. The molecule has 0 aliphatic carbocycles. The second-order valence-electron chi connectivity index (χ2n) is 5.35. The Bertz CT molecular complexity index is 860. The first-order chi connectivity index (χ1) is 12.0. The second kappa shape index (κ2) is 6.19. The lowest BCUT2D eigenvalue weighted by atomic mass is 9.87. The first kappa shape index (κ1) is 16.4. The number of nitro groups is 1. The first-order valence-electron chi connectivity index (χ1n) is 7.48. The molecule has 1 saturated heterocycles. The average Bonchev–Trinajstić information content (AvgIpc) is 3.18. The normalized spacial score (nSPS) is 20.3. The van der Waals surface area contributed by atoms with Crippen LogP contribution in [0.15, 0.2) is 52.0 Å². The Labute approximate surface area is 142 Å². The van der Waals surface area contributed by atoms with Crippen LogP contribution in [0.5, 0.6) is 0 Å². The van der Waals surface area contributed by atoms with Crippen LogP contribution in [0.2, 0.25) is 0 Å². The van der Waals surface area contributed by atoms with Crippen molar-refractivity contribution in [2.45, 2.75) is 18.9 Å². The molecular formula is C16H14N4O5. The molecule has 0 saturated carbocycles. The molecule has 1 N–H and O–H groups in total. The Morgan fingerprint density at radius 2 is 2.00 bits per heavy atom. The molecule has 0 spiro atoms. The third kappa shape index (κ3) is 2.75. The number of hydrogen-bond donors (Lipinski definition) is 1. The number of rotatable bonds is 5. The van der Waals surface area contributed by atoms with Gasteiger partial charge < -0.3 is 9.73 Å². The number of nitrogens with zero attached hydrogens (tertiary/aromatic N) is 3. The summed E-state index contributed by atoms with van der Waals surface area (Å²) in [5.74, 6) is -0.921. The number of carbonyl (C=O) groups is 2. The van der Waals surface area contributed by atoms with Gasteiger partial charge in [0.15, 0.2) is 5.76 Å². The minimum Gasteiger partial charge on any atom is -0.400 e. The highest BCUT2D eigenvalue weighted by Gasteiger charge is 2.51. The van der Waals surface area contributed by atoms with Crippen molar-refractivity contribution in [3.05, 3.63) is 63.9 Å². The van der Waals surface area contributed by atoms with Crippen molar-refractivity contribution in [3.63, 3.8) is 0 Å². The molecule has 1 atom stereocenters. The summed E-state index contributed by atoms with van der Waals surface area (Å²) >= 11 is 0. The Morgan fingerprint density at radius 1 is 1.28 bits per heavy atom. The van der Waals surface area contributed by atoms with Crippen molar-refractivity contribution >= 4 is 24.0 Å². The van der Waals surface area contributed by atoms with E-state index in [0.717, 1.165) is 12.3 Å². The lowest BCUT2D eigenvalue weighted by molar-refractivity contribution is -0.402. The van der Waals surface area contributed by atoms with Crippen LogP contribution in [0.1, 0.15) is 24.7 Å².